The van der Waals surface area contributed by atoms with E-state index in [1.54, 1.807) is 12.4 Å². The van der Waals surface area contributed by atoms with Crippen LogP contribution in [-0.2, 0) is 11.3 Å². The summed E-state index contributed by atoms with van der Waals surface area (Å²) in [6, 6.07) is 13.9. The summed E-state index contributed by atoms with van der Waals surface area (Å²) in [7, 11) is 0. The number of benzene rings is 1. The summed E-state index contributed by atoms with van der Waals surface area (Å²) in [6.45, 7) is 8.64. The lowest BCUT2D eigenvalue weighted by Crippen LogP contribution is -2.10. The Balaban J connectivity index is 0.000000275. The van der Waals surface area contributed by atoms with Gasteiger partial charge in [-0.1, -0.05) is 51.0 Å². The number of rotatable bonds is 9. The molecule has 3 heterocycles. The Hall–Kier alpha value is -3.26. The summed E-state index contributed by atoms with van der Waals surface area (Å²) < 4.78 is 2.78. The maximum Gasteiger partial charge on any atom is 0.221 e. The molecule has 2 N–H and O–H groups in total. The average molecular weight is 552 g/mol. The number of aromatic nitrogens is 4. The van der Waals surface area contributed by atoms with Crippen molar-refractivity contribution in [1.82, 2.24) is 19.6 Å². The SMILES string of the molecule is CC(=O)Nc1ccccc1C.CCCCC(CC)c1cc(NCc2cccnc2)n2ncc(Br)c2n1. The first-order chi connectivity index (χ1) is 17.4. The highest BCUT2D eigenvalue weighted by Gasteiger charge is 2.16. The summed E-state index contributed by atoms with van der Waals surface area (Å²) in [5.41, 5.74) is 5.11. The number of halogens is 1. The van der Waals surface area contributed by atoms with E-state index in [1.807, 2.05) is 48.0 Å². The zero-order valence-electron chi connectivity index (χ0n) is 21.5. The fraction of sp³-hybridized carbons (Fsp3) is 0.357. The maximum atomic E-state index is 10.7. The Bertz CT molecular complexity index is 1260. The van der Waals surface area contributed by atoms with Gasteiger partial charge in [0, 0.05) is 49.2 Å². The third kappa shape index (κ3) is 7.62. The minimum Gasteiger partial charge on any atom is -0.366 e. The molecule has 0 saturated carbocycles. The predicted octanol–water partition coefficient (Wildman–Crippen LogP) is 7.14. The zero-order chi connectivity index (χ0) is 25.9. The molecule has 0 saturated heterocycles. The van der Waals surface area contributed by atoms with Gasteiger partial charge >= 0.3 is 0 Å². The van der Waals surface area contributed by atoms with Gasteiger partial charge in [-0.25, -0.2) is 4.98 Å². The monoisotopic (exact) mass is 550 g/mol. The highest BCUT2D eigenvalue weighted by atomic mass is 79.9. The van der Waals surface area contributed by atoms with Gasteiger partial charge in [0.2, 0.25) is 5.91 Å². The average Bonchev–Trinajstić information content (AvgIpc) is 3.26. The molecule has 190 valence electrons. The Morgan fingerprint density at radius 1 is 1.14 bits per heavy atom. The first-order valence-electron chi connectivity index (χ1n) is 12.4. The van der Waals surface area contributed by atoms with Crippen LogP contribution >= 0.6 is 15.9 Å². The van der Waals surface area contributed by atoms with Gasteiger partial charge < -0.3 is 10.6 Å². The number of aryl methyl sites for hydroxylation is 1. The van der Waals surface area contributed by atoms with Crippen LogP contribution in [0.1, 0.15) is 69.2 Å². The number of carbonyl (C=O) groups is 1. The number of nitrogens with zero attached hydrogens (tertiary/aromatic N) is 4. The van der Waals surface area contributed by atoms with Gasteiger partial charge in [0.25, 0.3) is 0 Å². The number of carbonyl (C=O) groups excluding carboxylic acids is 1. The maximum absolute atomic E-state index is 10.7. The van der Waals surface area contributed by atoms with Crippen molar-refractivity contribution in [2.75, 3.05) is 10.6 Å². The van der Waals surface area contributed by atoms with Crippen molar-refractivity contribution in [3.05, 3.63) is 82.3 Å². The molecule has 1 amide bonds. The van der Waals surface area contributed by atoms with Gasteiger partial charge in [0.15, 0.2) is 5.65 Å². The van der Waals surface area contributed by atoms with E-state index in [4.69, 9.17) is 4.98 Å². The number of hydrogen-bond acceptors (Lipinski definition) is 5. The minimum absolute atomic E-state index is 0.0284. The lowest BCUT2D eigenvalue weighted by atomic mass is 9.95. The molecule has 1 aromatic carbocycles. The van der Waals surface area contributed by atoms with Crippen LogP contribution in [0.3, 0.4) is 0 Å². The molecule has 0 spiro atoms. The van der Waals surface area contributed by atoms with Crippen LogP contribution in [0.15, 0.2) is 65.5 Å². The van der Waals surface area contributed by atoms with Crippen LogP contribution in [0.25, 0.3) is 5.65 Å². The second-order valence-corrected chi connectivity index (χ2v) is 9.61. The lowest BCUT2D eigenvalue weighted by Gasteiger charge is -2.17. The van der Waals surface area contributed by atoms with Gasteiger partial charge in [-0.15, -0.1) is 0 Å². The van der Waals surface area contributed by atoms with E-state index in [0.717, 1.165) is 44.9 Å². The molecule has 0 radical (unpaired) electrons. The van der Waals surface area contributed by atoms with Gasteiger partial charge in [-0.05, 0) is 59.0 Å². The predicted molar refractivity (Wildman–Crippen MR) is 150 cm³/mol. The van der Waals surface area contributed by atoms with E-state index in [1.165, 1.54) is 26.2 Å². The van der Waals surface area contributed by atoms with Crippen molar-refractivity contribution in [1.29, 1.82) is 0 Å². The van der Waals surface area contributed by atoms with Crippen molar-refractivity contribution >= 4 is 39.0 Å². The van der Waals surface area contributed by atoms with Crippen molar-refractivity contribution in [2.24, 2.45) is 0 Å². The molecule has 4 rings (SSSR count). The Morgan fingerprint density at radius 3 is 2.61 bits per heavy atom. The number of amides is 1. The number of para-hydroxylation sites is 1. The number of nitrogens with one attached hydrogen (secondary N) is 2. The molecule has 3 aromatic heterocycles. The van der Waals surface area contributed by atoms with E-state index in [-0.39, 0.29) is 5.91 Å². The van der Waals surface area contributed by atoms with Crippen molar-refractivity contribution < 1.29 is 4.79 Å². The van der Waals surface area contributed by atoms with Crippen LogP contribution in [0.4, 0.5) is 11.5 Å². The van der Waals surface area contributed by atoms with Gasteiger partial charge in [0.1, 0.15) is 5.82 Å². The van der Waals surface area contributed by atoms with Crippen molar-refractivity contribution in [2.45, 2.75) is 65.8 Å². The topological polar surface area (TPSA) is 84.2 Å². The second kappa shape index (κ2) is 13.7. The zero-order valence-corrected chi connectivity index (χ0v) is 23.0. The smallest absolute Gasteiger partial charge is 0.221 e. The standard InChI is InChI=1S/C19H24BrN5.C9H11NO/c1-3-5-8-15(4-2)17-10-18(22-12-14-7-6-9-21-11-14)25-19(24-17)16(20)13-23-25;1-7-5-3-4-6-9(7)10-8(2)11/h6-7,9-11,13,15,22H,3-5,8,12H2,1-2H3;3-6H,1-2H3,(H,10,11). The molecular formula is C28H35BrN6O. The van der Waals surface area contributed by atoms with Crippen molar-refractivity contribution in [3.8, 4) is 0 Å². The fourth-order valence-corrected chi connectivity index (χ4v) is 4.25. The summed E-state index contributed by atoms with van der Waals surface area (Å²) in [5.74, 6) is 1.41. The van der Waals surface area contributed by atoms with E-state index < -0.39 is 0 Å². The molecule has 0 fully saturated rings. The number of pyridine rings is 1. The molecule has 0 aliphatic carbocycles. The third-order valence-corrected chi connectivity index (χ3v) is 6.48. The van der Waals surface area contributed by atoms with Gasteiger partial charge in [0.05, 0.1) is 10.7 Å². The summed E-state index contributed by atoms with van der Waals surface area (Å²) in [4.78, 5) is 19.7. The lowest BCUT2D eigenvalue weighted by molar-refractivity contribution is -0.114. The van der Waals surface area contributed by atoms with E-state index in [9.17, 15) is 4.79 Å². The van der Waals surface area contributed by atoms with Crippen LogP contribution in [0, 0.1) is 6.92 Å². The molecule has 0 aliphatic heterocycles. The molecule has 1 atom stereocenters. The highest BCUT2D eigenvalue weighted by molar-refractivity contribution is 9.10. The molecule has 4 aromatic rings. The van der Waals surface area contributed by atoms with Crippen LogP contribution < -0.4 is 10.6 Å². The van der Waals surface area contributed by atoms with E-state index >= 15 is 0 Å². The molecular weight excluding hydrogens is 516 g/mol. The summed E-state index contributed by atoms with van der Waals surface area (Å²) >= 11 is 3.57. The highest BCUT2D eigenvalue weighted by Crippen LogP contribution is 2.29. The number of fused-ring (bicyclic) bond motifs is 1. The molecule has 0 aliphatic rings. The third-order valence-electron chi connectivity index (χ3n) is 5.92. The minimum atomic E-state index is -0.0284. The van der Waals surface area contributed by atoms with Crippen molar-refractivity contribution in [3.63, 3.8) is 0 Å². The van der Waals surface area contributed by atoms with Gasteiger partial charge in [-0.2, -0.15) is 9.61 Å². The quantitative estimate of drug-likeness (QED) is 0.231. The second-order valence-electron chi connectivity index (χ2n) is 8.75. The molecule has 8 heteroatoms. The fourth-order valence-electron chi connectivity index (χ4n) is 3.90. The first-order valence-corrected chi connectivity index (χ1v) is 13.2. The largest absolute Gasteiger partial charge is 0.366 e. The van der Waals surface area contributed by atoms with E-state index in [0.29, 0.717) is 12.5 Å². The molecule has 36 heavy (non-hydrogen) atoms. The summed E-state index contributed by atoms with van der Waals surface area (Å²) in [6.07, 6.45) is 10.2. The van der Waals surface area contributed by atoms with Crippen LogP contribution in [-0.4, -0.2) is 25.5 Å². The van der Waals surface area contributed by atoms with Crippen LogP contribution in [0.2, 0.25) is 0 Å². The Morgan fingerprint density at radius 2 is 1.94 bits per heavy atom. The van der Waals surface area contributed by atoms with Crippen LogP contribution in [0.5, 0.6) is 0 Å². The summed E-state index contributed by atoms with van der Waals surface area (Å²) in [5, 5.41) is 10.7. The molecule has 7 nitrogen and oxygen atoms in total. The van der Waals surface area contributed by atoms with Gasteiger partial charge in [-0.3, -0.25) is 9.78 Å². The molecule has 1 unspecified atom stereocenters. The van der Waals surface area contributed by atoms with E-state index in [2.05, 4.69) is 62.6 Å². The number of hydrogen-bond donors (Lipinski definition) is 2. The normalized spacial score (nSPS) is 11.5. The Kier molecular flexibility index (Phi) is 10.4. The Labute approximate surface area is 221 Å². The molecule has 0 bridgehead atoms. The first kappa shape index (κ1) is 27.3. The number of unbranched alkanes of at least 4 members (excludes halogenated alkanes) is 1. The number of anilines is 2.